The number of rotatable bonds is 8. The van der Waals surface area contributed by atoms with Gasteiger partial charge in [-0.05, 0) is 96.5 Å². The third-order valence-electron chi connectivity index (χ3n) is 4.73. The predicted molar refractivity (Wildman–Crippen MR) is 144 cm³/mol. The molecule has 5 nitrogen and oxygen atoms in total. The van der Waals surface area contributed by atoms with E-state index in [0.717, 1.165) is 25.9 Å². The van der Waals surface area contributed by atoms with E-state index in [1.807, 2.05) is 57.2 Å². The molecule has 3 aromatic carbocycles. The molecular weight excluding hydrogens is 574 g/mol. The van der Waals surface area contributed by atoms with Gasteiger partial charge in [0.15, 0.2) is 18.1 Å². The zero-order chi connectivity index (χ0) is 24.0. The molecule has 0 unspecified atom stereocenters. The van der Waals surface area contributed by atoms with Gasteiger partial charge in [-0.3, -0.25) is 9.79 Å². The van der Waals surface area contributed by atoms with Gasteiger partial charge in [0.2, 0.25) is 0 Å². The molecule has 0 saturated heterocycles. The highest BCUT2D eigenvalue weighted by molar-refractivity contribution is 14.1. The molecule has 0 radical (unpaired) electrons. The first kappa shape index (κ1) is 25.3. The Labute approximate surface area is 217 Å². The van der Waals surface area contributed by atoms with E-state index in [1.54, 1.807) is 18.3 Å². The van der Waals surface area contributed by atoms with Gasteiger partial charge in [-0.1, -0.05) is 35.3 Å². The van der Waals surface area contributed by atoms with Crippen LogP contribution in [-0.2, 0) is 4.79 Å². The van der Waals surface area contributed by atoms with Gasteiger partial charge in [0.05, 0.1) is 15.9 Å². The highest BCUT2D eigenvalue weighted by Gasteiger charge is 2.14. The van der Waals surface area contributed by atoms with Crippen molar-refractivity contribution in [3.63, 3.8) is 0 Å². The molecule has 0 heterocycles. The summed E-state index contributed by atoms with van der Waals surface area (Å²) in [6.07, 6.45) is 1.75. The maximum atomic E-state index is 12.4. The number of hydrogen-bond donors (Lipinski definition) is 1. The summed E-state index contributed by atoms with van der Waals surface area (Å²) < 4.78 is 12.4. The summed E-state index contributed by atoms with van der Waals surface area (Å²) in [7, 11) is 0. The lowest BCUT2D eigenvalue weighted by Crippen LogP contribution is -2.20. The summed E-state index contributed by atoms with van der Waals surface area (Å²) in [5.41, 5.74) is 4.10. The van der Waals surface area contributed by atoms with Crippen molar-refractivity contribution in [2.45, 2.75) is 20.8 Å². The smallest absolute Gasteiger partial charge is 0.262 e. The van der Waals surface area contributed by atoms with Gasteiger partial charge < -0.3 is 14.8 Å². The number of aryl methyl sites for hydroxylation is 1. The van der Waals surface area contributed by atoms with Crippen LogP contribution in [0.3, 0.4) is 0 Å². The lowest BCUT2D eigenvalue weighted by atomic mass is 10.2. The number of anilines is 1. The molecule has 0 bridgehead atoms. The SMILES string of the molecule is CCOc1cc(C=Nc2cccc(Cl)c2C)cc(I)c1OCC(=O)Nc1ccc(C)c(Cl)c1. The molecule has 33 heavy (non-hydrogen) atoms. The van der Waals surface area contributed by atoms with Gasteiger partial charge in [-0.25, -0.2) is 0 Å². The Morgan fingerprint density at radius 1 is 1.09 bits per heavy atom. The summed E-state index contributed by atoms with van der Waals surface area (Å²) in [4.78, 5) is 17.0. The largest absolute Gasteiger partial charge is 0.490 e. The molecular formula is C25H23Cl2IN2O3. The van der Waals surface area contributed by atoms with Crippen LogP contribution in [-0.4, -0.2) is 25.3 Å². The number of benzene rings is 3. The minimum Gasteiger partial charge on any atom is -0.490 e. The Bertz CT molecular complexity index is 1200. The molecule has 0 aliphatic rings. The minimum absolute atomic E-state index is 0.170. The van der Waals surface area contributed by atoms with Crippen LogP contribution in [0.15, 0.2) is 53.5 Å². The molecule has 3 aromatic rings. The number of nitrogens with zero attached hydrogens (tertiary/aromatic N) is 1. The molecule has 1 N–H and O–H groups in total. The van der Waals surface area contributed by atoms with Crippen LogP contribution in [0.2, 0.25) is 10.0 Å². The fraction of sp³-hybridized carbons (Fsp3) is 0.200. The molecule has 0 aliphatic heterocycles. The molecule has 0 spiro atoms. The summed E-state index contributed by atoms with van der Waals surface area (Å²) in [5, 5.41) is 4.05. The van der Waals surface area contributed by atoms with Crippen LogP contribution >= 0.6 is 45.8 Å². The number of aliphatic imine (C=N–C) groups is 1. The standard InChI is InChI=1S/C25H23Cl2IN2O3/c1-4-32-23-11-17(13-29-22-7-5-6-19(26)16(22)3)10-21(28)25(23)33-14-24(31)30-18-9-8-15(2)20(27)12-18/h5-13H,4,14H2,1-3H3,(H,30,31). The summed E-state index contributed by atoms with van der Waals surface area (Å²) in [6.45, 7) is 6.00. The zero-order valence-corrected chi connectivity index (χ0v) is 22.1. The molecule has 1 amide bonds. The maximum absolute atomic E-state index is 12.4. The van der Waals surface area contributed by atoms with Gasteiger partial charge in [-0.15, -0.1) is 0 Å². The Hall–Kier alpha value is -2.29. The van der Waals surface area contributed by atoms with Crippen molar-refractivity contribution in [1.29, 1.82) is 0 Å². The Morgan fingerprint density at radius 3 is 2.61 bits per heavy atom. The summed E-state index contributed by atoms with van der Waals surface area (Å²) >= 11 is 14.5. The average molecular weight is 597 g/mol. The van der Waals surface area contributed by atoms with E-state index in [2.05, 4.69) is 32.9 Å². The van der Waals surface area contributed by atoms with Gasteiger partial charge in [0, 0.05) is 21.9 Å². The molecule has 8 heteroatoms. The first-order valence-electron chi connectivity index (χ1n) is 10.2. The normalized spacial score (nSPS) is 11.0. The highest BCUT2D eigenvalue weighted by Crippen LogP contribution is 2.34. The van der Waals surface area contributed by atoms with Crippen molar-refractivity contribution < 1.29 is 14.3 Å². The van der Waals surface area contributed by atoms with Crippen molar-refractivity contribution in [2.75, 3.05) is 18.5 Å². The van der Waals surface area contributed by atoms with Crippen molar-refractivity contribution in [3.8, 4) is 11.5 Å². The number of hydrogen-bond acceptors (Lipinski definition) is 4. The second kappa shape index (κ2) is 11.7. The van der Waals surface area contributed by atoms with Gasteiger partial charge in [0.1, 0.15) is 0 Å². The number of carbonyl (C=O) groups excluding carboxylic acids is 1. The van der Waals surface area contributed by atoms with Crippen molar-refractivity contribution >= 4 is 69.3 Å². The average Bonchev–Trinajstić information content (AvgIpc) is 2.77. The van der Waals surface area contributed by atoms with Crippen LogP contribution in [0.1, 0.15) is 23.6 Å². The number of amides is 1. The summed E-state index contributed by atoms with van der Waals surface area (Å²) in [6, 6.07) is 14.7. The van der Waals surface area contributed by atoms with Crippen LogP contribution in [0.4, 0.5) is 11.4 Å². The van der Waals surface area contributed by atoms with E-state index >= 15 is 0 Å². The van der Waals surface area contributed by atoms with Gasteiger partial charge in [-0.2, -0.15) is 0 Å². The topological polar surface area (TPSA) is 59.9 Å². The predicted octanol–water partition coefficient (Wildman–Crippen LogP) is 7.38. The van der Waals surface area contributed by atoms with E-state index in [1.165, 1.54) is 0 Å². The Morgan fingerprint density at radius 2 is 1.88 bits per heavy atom. The van der Waals surface area contributed by atoms with Crippen LogP contribution in [0.5, 0.6) is 11.5 Å². The molecule has 0 saturated carbocycles. The first-order valence-corrected chi connectivity index (χ1v) is 12.1. The number of ether oxygens (including phenoxy) is 2. The van der Waals surface area contributed by atoms with E-state index in [0.29, 0.717) is 33.8 Å². The van der Waals surface area contributed by atoms with E-state index < -0.39 is 0 Å². The lowest BCUT2D eigenvalue weighted by molar-refractivity contribution is -0.118. The minimum atomic E-state index is -0.296. The zero-order valence-electron chi connectivity index (χ0n) is 18.4. The quantitative estimate of drug-likeness (QED) is 0.218. The van der Waals surface area contributed by atoms with Crippen molar-refractivity contribution in [3.05, 3.63) is 78.8 Å². The molecule has 0 aliphatic carbocycles. The maximum Gasteiger partial charge on any atom is 0.262 e. The Kier molecular flexibility index (Phi) is 9.00. The second-order valence-corrected chi connectivity index (χ2v) is 9.18. The van der Waals surface area contributed by atoms with Crippen molar-refractivity contribution in [2.24, 2.45) is 4.99 Å². The number of nitrogens with one attached hydrogen (secondary N) is 1. The number of carbonyl (C=O) groups is 1. The molecule has 0 fully saturated rings. The fourth-order valence-electron chi connectivity index (χ4n) is 2.95. The fourth-order valence-corrected chi connectivity index (χ4v) is 4.08. The monoisotopic (exact) mass is 596 g/mol. The van der Waals surface area contributed by atoms with Gasteiger partial charge in [0.25, 0.3) is 5.91 Å². The molecule has 0 aromatic heterocycles. The highest BCUT2D eigenvalue weighted by atomic mass is 127. The van der Waals surface area contributed by atoms with E-state index in [-0.39, 0.29) is 12.5 Å². The van der Waals surface area contributed by atoms with Crippen LogP contribution < -0.4 is 14.8 Å². The molecule has 3 rings (SSSR count). The molecule has 172 valence electrons. The number of halogens is 3. The Balaban J connectivity index is 1.75. The third-order valence-corrected chi connectivity index (χ3v) is 6.34. The van der Waals surface area contributed by atoms with Crippen LogP contribution in [0.25, 0.3) is 0 Å². The van der Waals surface area contributed by atoms with Crippen LogP contribution in [0, 0.1) is 17.4 Å². The molecule has 0 atom stereocenters. The third kappa shape index (κ3) is 6.85. The van der Waals surface area contributed by atoms with E-state index in [4.69, 9.17) is 32.7 Å². The first-order chi connectivity index (χ1) is 15.8. The van der Waals surface area contributed by atoms with Gasteiger partial charge >= 0.3 is 0 Å². The lowest BCUT2D eigenvalue weighted by Gasteiger charge is -2.15. The second-order valence-electron chi connectivity index (χ2n) is 7.21. The van der Waals surface area contributed by atoms with Crippen molar-refractivity contribution in [1.82, 2.24) is 0 Å². The van der Waals surface area contributed by atoms with E-state index in [9.17, 15) is 4.79 Å². The summed E-state index contributed by atoms with van der Waals surface area (Å²) in [5.74, 6) is 0.751.